The van der Waals surface area contributed by atoms with E-state index in [4.69, 9.17) is 17.3 Å². The highest BCUT2D eigenvalue weighted by atomic mass is 35.5. The molecule has 0 saturated heterocycles. The summed E-state index contributed by atoms with van der Waals surface area (Å²) in [6.45, 7) is 2.30. The maximum atomic E-state index is 13.5. The van der Waals surface area contributed by atoms with Crippen molar-refractivity contribution in [1.82, 2.24) is 4.57 Å². The van der Waals surface area contributed by atoms with E-state index in [0.29, 0.717) is 11.6 Å². The van der Waals surface area contributed by atoms with Gasteiger partial charge < -0.3 is 10.3 Å². The standard InChI is InChI=1S/C23H21ClN2O2S/c1-16(25)18-8-12-21(13-9-18)29(27,28)23-14-19-4-2-3-5-22(19)26(23)15-17-6-10-20(24)11-7-17/h2-14,16H,15,25H2,1H3/t16-/m0/s1. The summed E-state index contributed by atoms with van der Waals surface area (Å²) in [6, 6.07) is 23.5. The highest BCUT2D eigenvalue weighted by Crippen LogP contribution is 2.29. The van der Waals surface area contributed by atoms with Gasteiger partial charge in [0, 0.05) is 28.5 Å². The average Bonchev–Trinajstić information content (AvgIpc) is 3.09. The van der Waals surface area contributed by atoms with E-state index in [1.165, 1.54) is 0 Å². The molecule has 4 nitrogen and oxygen atoms in total. The van der Waals surface area contributed by atoms with Gasteiger partial charge in [-0.2, -0.15) is 0 Å². The van der Waals surface area contributed by atoms with Crippen molar-refractivity contribution in [3.63, 3.8) is 0 Å². The molecule has 0 spiro atoms. The third-order valence-corrected chi connectivity index (χ3v) is 7.05. The van der Waals surface area contributed by atoms with Gasteiger partial charge in [0.25, 0.3) is 0 Å². The Kier molecular flexibility index (Phi) is 5.21. The summed E-state index contributed by atoms with van der Waals surface area (Å²) in [6.07, 6.45) is 0. The third-order valence-electron chi connectivity index (χ3n) is 5.02. The van der Waals surface area contributed by atoms with Gasteiger partial charge in [-0.25, -0.2) is 8.42 Å². The minimum Gasteiger partial charge on any atom is -0.327 e. The van der Waals surface area contributed by atoms with Crippen molar-refractivity contribution in [2.45, 2.75) is 29.4 Å². The van der Waals surface area contributed by atoms with Crippen LogP contribution in [0.4, 0.5) is 0 Å². The van der Waals surface area contributed by atoms with Gasteiger partial charge in [0.1, 0.15) is 5.03 Å². The molecule has 0 amide bonds. The Bertz CT molecular complexity index is 1260. The summed E-state index contributed by atoms with van der Waals surface area (Å²) in [5.74, 6) is 0. The highest BCUT2D eigenvalue weighted by molar-refractivity contribution is 7.91. The molecule has 0 saturated carbocycles. The number of rotatable bonds is 5. The van der Waals surface area contributed by atoms with Gasteiger partial charge >= 0.3 is 0 Å². The highest BCUT2D eigenvalue weighted by Gasteiger charge is 2.24. The van der Waals surface area contributed by atoms with Crippen LogP contribution in [0.1, 0.15) is 24.1 Å². The lowest BCUT2D eigenvalue weighted by Crippen LogP contribution is -2.11. The second-order valence-electron chi connectivity index (χ2n) is 7.12. The maximum Gasteiger partial charge on any atom is 0.222 e. The first kappa shape index (κ1) is 19.7. The van der Waals surface area contributed by atoms with Crippen LogP contribution in [0, 0.1) is 0 Å². The predicted octanol–water partition coefficient (Wildman–Crippen LogP) is 5.20. The molecule has 1 atom stereocenters. The molecule has 0 aliphatic carbocycles. The zero-order chi connectivity index (χ0) is 20.6. The van der Waals surface area contributed by atoms with E-state index in [-0.39, 0.29) is 16.0 Å². The zero-order valence-corrected chi connectivity index (χ0v) is 17.5. The van der Waals surface area contributed by atoms with E-state index in [0.717, 1.165) is 22.0 Å². The molecule has 0 unspecified atom stereocenters. The lowest BCUT2D eigenvalue weighted by molar-refractivity contribution is 0.583. The molecule has 4 rings (SSSR count). The number of sulfone groups is 1. The van der Waals surface area contributed by atoms with E-state index < -0.39 is 9.84 Å². The van der Waals surface area contributed by atoms with Crippen LogP contribution in [0.2, 0.25) is 5.02 Å². The fraction of sp³-hybridized carbons (Fsp3) is 0.130. The molecule has 148 valence electrons. The van der Waals surface area contributed by atoms with Crippen LogP contribution in [-0.4, -0.2) is 13.0 Å². The minimum absolute atomic E-state index is 0.150. The number of benzene rings is 3. The van der Waals surface area contributed by atoms with E-state index in [2.05, 4.69) is 0 Å². The van der Waals surface area contributed by atoms with Gasteiger partial charge in [-0.15, -0.1) is 0 Å². The van der Waals surface area contributed by atoms with Crippen LogP contribution in [0.3, 0.4) is 0 Å². The monoisotopic (exact) mass is 424 g/mol. The van der Waals surface area contributed by atoms with E-state index >= 15 is 0 Å². The maximum absolute atomic E-state index is 13.5. The van der Waals surface area contributed by atoms with E-state index in [1.807, 2.05) is 60.0 Å². The van der Waals surface area contributed by atoms with Crippen LogP contribution < -0.4 is 5.73 Å². The molecule has 0 bridgehead atoms. The smallest absolute Gasteiger partial charge is 0.222 e. The van der Waals surface area contributed by atoms with Crippen LogP contribution in [-0.2, 0) is 16.4 Å². The number of nitrogens with two attached hydrogens (primary N) is 1. The fourth-order valence-electron chi connectivity index (χ4n) is 3.41. The first-order chi connectivity index (χ1) is 13.9. The van der Waals surface area contributed by atoms with Crippen LogP contribution in [0.5, 0.6) is 0 Å². The topological polar surface area (TPSA) is 65.1 Å². The Morgan fingerprint density at radius 2 is 1.62 bits per heavy atom. The number of nitrogens with zero attached hydrogens (tertiary/aromatic N) is 1. The van der Waals surface area contributed by atoms with Gasteiger partial charge in [-0.3, -0.25) is 0 Å². The molecule has 0 fully saturated rings. The van der Waals surface area contributed by atoms with Crippen molar-refractivity contribution < 1.29 is 8.42 Å². The summed E-state index contributed by atoms with van der Waals surface area (Å²) < 4.78 is 28.8. The van der Waals surface area contributed by atoms with Crippen molar-refractivity contribution in [3.8, 4) is 0 Å². The second kappa shape index (κ2) is 7.67. The predicted molar refractivity (Wildman–Crippen MR) is 117 cm³/mol. The summed E-state index contributed by atoms with van der Waals surface area (Å²) in [5, 5.41) is 1.79. The van der Waals surface area contributed by atoms with Crippen LogP contribution >= 0.6 is 11.6 Å². The fourth-order valence-corrected chi connectivity index (χ4v) is 5.01. The van der Waals surface area contributed by atoms with Crippen LogP contribution in [0.25, 0.3) is 10.9 Å². The molecule has 2 N–H and O–H groups in total. The SMILES string of the molecule is C[C@H](N)c1ccc(S(=O)(=O)c2cc3ccccc3n2Cc2ccc(Cl)cc2)cc1. The Hall–Kier alpha value is -2.60. The summed E-state index contributed by atoms with van der Waals surface area (Å²) in [5.41, 5.74) is 8.63. The average molecular weight is 425 g/mol. The molecular formula is C23H21ClN2O2S. The number of aromatic nitrogens is 1. The normalized spacial score (nSPS) is 12.9. The number of hydrogen-bond acceptors (Lipinski definition) is 3. The molecule has 1 heterocycles. The first-order valence-corrected chi connectivity index (χ1v) is 11.2. The third kappa shape index (κ3) is 3.81. The largest absolute Gasteiger partial charge is 0.327 e. The molecule has 3 aromatic carbocycles. The van der Waals surface area contributed by atoms with Crippen LogP contribution in [0.15, 0.2) is 88.8 Å². The van der Waals surface area contributed by atoms with Crippen molar-refractivity contribution in [3.05, 3.63) is 95.0 Å². The lowest BCUT2D eigenvalue weighted by Gasteiger charge is -2.13. The quantitative estimate of drug-likeness (QED) is 0.479. The molecule has 0 aliphatic heterocycles. The molecule has 1 aromatic heterocycles. The number of fused-ring (bicyclic) bond motifs is 1. The molecule has 0 aliphatic rings. The molecular weight excluding hydrogens is 404 g/mol. The van der Waals surface area contributed by atoms with Gasteiger partial charge in [0.05, 0.1) is 4.90 Å². The lowest BCUT2D eigenvalue weighted by atomic mass is 10.1. The number of para-hydroxylation sites is 1. The zero-order valence-electron chi connectivity index (χ0n) is 15.9. The van der Waals surface area contributed by atoms with Crippen molar-refractivity contribution in [2.75, 3.05) is 0 Å². The van der Waals surface area contributed by atoms with Crippen molar-refractivity contribution in [2.24, 2.45) is 5.73 Å². The number of hydrogen-bond donors (Lipinski definition) is 1. The van der Waals surface area contributed by atoms with Crippen molar-refractivity contribution >= 4 is 32.3 Å². The Morgan fingerprint density at radius 3 is 2.28 bits per heavy atom. The summed E-state index contributed by atoms with van der Waals surface area (Å²) >= 11 is 6.00. The first-order valence-electron chi connectivity index (χ1n) is 9.29. The minimum atomic E-state index is -3.71. The van der Waals surface area contributed by atoms with E-state index in [9.17, 15) is 8.42 Å². The van der Waals surface area contributed by atoms with Gasteiger partial charge in [0.15, 0.2) is 0 Å². The summed E-state index contributed by atoms with van der Waals surface area (Å²) in [4.78, 5) is 0.252. The molecule has 0 radical (unpaired) electrons. The van der Waals surface area contributed by atoms with Crippen molar-refractivity contribution in [1.29, 1.82) is 0 Å². The Labute approximate surface area is 175 Å². The molecule has 29 heavy (non-hydrogen) atoms. The van der Waals surface area contributed by atoms with Gasteiger partial charge in [-0.05, 0) is 54.4 Å². The Balaban J connectivity index is 1.85. The van der Waals surface area contributed by atoms with Gasteiger partial charge in [-0.1, -0.05) is 54.1 Å². The molecule has 6 heteroatoms. The van der Waals surface area contributed by atoms with Gasteiger partial charge in [0.2, 0.25) is 9.84 Å². The Morgan fingerprint density at radius 1 is 0.966 bits per heavy atom. The molecule has 4 aromatic rings. The van der Waals surface area contributed by atoms with E-state index in [1.54, 1.807) is 30.3 Å². The summed E-state index contributed by atoms with van der Waals surface area (Å²) in [7, 11) is -3.71. The number of halogens is 1. The second-order valence-corrected chi connectivity index (χ2v) is 9.45.